The molecule has 1 rings (SSSR count). The lowest BCUT2D eigenvalue weighted by atomic mass is 9.91. The van der Waals surface area contributed by atoms with E-state index >= 15 is 0 Å². The maximum Gasteiger partial charge on any atom is 0.0693 e. The predicted octanol–water partition coefficient (Wildman–Crippen LogP) is 1.92. The highest BCUT2D eigenvalue weighted by molar-refractivity contribution is 4.83. The molecule has 0 amide bonds. The minimum atomic E-state index is -0.116. The molecular formula is C11H23NO. The summed E-state index contributed by atoms with van der Waals surface area (Å²) in [4.78, 5) is 0. The smallest absolute Gasteiger partial charge is 0.0693 e. The first kappa shape index (κ1) is 11.0. The molecule has 0 aliphatic heterocycles. The Morgan fingerprint density at radius 2 is 1.77 bits per heavy atom. The van der Waals surface area contributed by atoms with Gasteiger partial charge in [-0.05, 0) is 25.7 Å². The van der Waals surface area contributed by atoms with Gasteiger partial charge in [0.1, 0.15) is 0 Å². The number of hydrogen-bond acceptors (Lipinski definition) is 2. The van der Waals surface area contributed by atoms with E-state index in [9.17, 15) is 5.11 Å². The summed E-state index contributed by atoms with van der Waals surface area (Å²) in [6.45, 7) is 6.63. The molecule has 0 bridgehead atoms. The second-order valence-electron chi connectivity index (χ2n) is 4.66. The molecule has 1 aliphatic carbocycles. The molecule has 1 aliphatic rings. The van der Waals surface area contributed by atoms with Gasteiger partial charge in [0, 0.05) is 12.1 Å². The van der Waals surface area contributed by atoms with Crippen LogP contribution in [0.2, 0.25) is 0 Å². The van der Waals surface area contributed by atoms with E-state index in [1.54, 1.807) is 0 Å². The summed E-state index contributed by atoms with van der Waals surface area (Å²) in [6.07, 6.45) is 4.45. The van der Waals surface area contributed by atoms with E-state index in [4.69, 9.17) is 0 Å². The van der Waals surface area contributed by atoms with E-state index in [1.165, 1.54) is 12.8 Å². The van der Waals surface area contributed by atoms with Crippen molar-refractivity contribution in [2.75, 3.05) is 0 Å². The zero-order valence-electron chi connectivity index (χ0n) is 9.09. The maximum atomic E-state index is 9.74. The van der Waals surface area contributed by atoms with Crippen LogP contribution >= 0.6 is 0 Å². The highest BCUT2D eigenvalue weighted by Gasteiger charge is 2.24. The Morgan fingerprint density at radius 1 is 1.15 bits per heavy atom. The fourth-order valence-electron chi connectivity index (χ4n) is 1.84. The van der Waals surface area contributed by atoms with Crippen LogP contribution in [0.1, 0.15) is 46.5 Å². The van der Waals surface area contributed by atoms with Gasteiger partial charge in [0.05, 0.1) is 6.10 Å². The summed E-state index contributed by atoms with van der Waals surface area (Å²) in [5.74, 6) is 0.647. The molecule has 2 heteroatoms. The lowest BCUT2D eigenvalue weighted by Gasteiger charge is -2.32. The van der Waals surface area contributed by atoms with Crippen molar-refractivity contribution in [3.8, 4) is 0 Å². The fraction of sp³-hybridized carbons (Fsp3) is 1.00. The van der Waals surface area contributed by atoms with E-state index in [1.807, 2.05) is 0 Å². The number of hydrogen-bond donors (Lipinski definition) is 2. The maximum absolute atomic E-state index is 9.74. The van der Waals surface area contributed by atoms with Crippen LogP contribution in [0.25, 0.3) is 0 Å². The van der Waals surface area contributed by atoms with Gasteiger partial charge in [0.25, 0.3) is 0 Å². The molecule has 2 N–H and O–H groups in total. The first-order valence-corrected chi connectivity index (χ1v) is 5.55. The van der Waals surface area contributed by atoms with Crippen LogP contribution in [0.15, 0.2) is 0 Å². The topological polar surface area (TPSA) is 32.3 Å². The Hall–Kier alpha value is -0.0800. The number of aliphatic hydroxyl groups excluding tert-OH is 1. The van der Waals surface area contributed by atoms with E-state index in [2.05, 4.69) is 26.1 Å². The third-order valence-corrected chi connectivity index (χ3v) is 3.21. The number of aliphatic hydroxyl groups is 1. The zero-order valence-corrected chi connectivity index (χ0v) is 9.09. The number of rotatable bonds is 3. The normalized spacial score (nSPS) is 32.1. The van der Waals surface area contributed by atoms with Crippen LogP contribution in [-0.4, -0.2) is 23.3 Å². The molecule has 2 nitrogen and oxygen atoms in total. The molecule has 0 aromatic rings. The summed E-state index contributed by atoms with van der Waals surface area (Å²) in [7, 11) is 0. The van der Waals surface area contributed by atoms with Gasteiger partial charge in [0.2, 0.25) is 0 Å². The quantitative estimate of drug-likeness (QED) is 0.704. The first-order valence-electron chi connectivity index (χ1n) is 5.55. The van der Waals surface area contributed by atoms with E-state index in [0.717, 1.165) is 12.8 Å². The van der Waals surface area contributed by atoms with E-state index in [-0.39, 0.29) is 6.10 Å². The second kappa shape index (κ2) is 4.97. The molecule has 1 fully saturated rings. The molecule has 3 atom stereocenters. The Morgan fingerprint density at radius 3 is 2.31 bits per heavy atom. The summed E-state index contributed by atoms with van der Waals surface area (Å²) < 4.78 is 0. The Bertz CT molecular complexity index is 147. The van der Waals surface area contributed by atoms with Crippen LogP contribution in [0, 0.1) is 5.92 Å². The minimum absolute atomic E-state index is 0.116. The van der Waals surface area contributed by atoms with Gasteiger partial charge in [-0.1, -0.05) is 26.7 Å². The molecule has 0 unspecified atom stereocenters. The van der Waals surface area contributed by atoms with Gasteiger partial charge in [-0.15, -0.1) is 0 Å². The summed E-state index contributed by atoms with van der Waals surface area (Å²) in [5.41, 5.74) is 0. The van der Waals surface area contributed by atoms with Crippen LogP contribution in [0.3, 0.4) is 0 Å². The van der Waals surface area contributed by atoms with Gasteiger partial charge in [-0.2, -0.15) is 0 Å². The van der Waals surface area contributed by atoms with Crippen LogP contribution in [0.4, 0.5) is 0 Å². The van der Waals surface area contributed by atoms with Crippen molar-refractivity contribution in [1.82, 2.24) is 5.32 Å². The molecular weight excluding hydrogens is 162 g/mol. The monoisotopic (exact) mass is 185 g/mol. The fourth-order valence-corrected chi connectivity index (χ4v) is 1.84. The molecule has 0 aromatic heterocycles. The van der Waals surface area contributed by atoms with Gasteiger partial charge in [-0.3, -0.25) is 0 Å². The highest BCUT2D eigenvalue weighted by atomic mass is 16.3. The van der Waals surface area contributed by atoms with Crippen LogP contribution in [0.5, 0.6) is 0 Å². The van der Waals surface area contributed by atoms with Crippen molar-refractivity contribution in [2.24, 2.45) is 5.92 Å². The molecule has 0 saturated heterocycles. The molecule has 1 saturated carbocycles. The number of nitrogens with one attached hydrogen (secondary N) is 1. The largest absolute Gasteiger partial charge is 0.392 e. The van der Waals surface area contributed by atoms with Gasteiger partial charge < -0.3 is 10.4 Å². The van der Waals surface area contributed by atoms with Crippen molar-refractivity contribution >= 4 is 0 Å². The van der Waals surface area contributed by atoms with Crippen molar-refractivity contribution in [2.45, 2.75) is 64.6 Å². The third-order valence-electron chi connectivity index (χ3n) is 3.21. The summed E-state index contributed by atoms with van der Waals surface area (Å²) >= 11 is 0. The van der Waals surface area contributed by atoms with Gasteiger partial charge >= 0.3 is 0 Å². The average molecular weight is 185 g/mol. The summed E-state index contributed by atoms with van der Waals surface area (Å²) in [5, 5.41) is 13.3. The van der Waals surface area contributed by atoms with Crippen LogP contribution in [-0.2, 0) is 0 Å². The predicted molar refractivity (Wildman–Crippen MR) is 55.7 cm³/mol. The van der Waals surface area contributed by atoms with Crippen molar-refractivity contribution in [3.05, 3.63) is 0 Å². The Balaban J connectivity index is 2.33. The van der Waals surface area contributed by atoms with Crippen molar-refractivity contribution in [3.63, 3.8) is 0 Å². The molecule has 0 aromatic carbocycles. The molecule has 0 radical (unpaired) electrons. The SMILES string of the molecule is CC(C)[C@H](C)N[C@H]1CCCC[C@H]1O. The van der Waals surface area contributed by atoms with Gasteiger partial charge in [0.15, 0.2) is 0 Å². The van der Waals surface area contributed by atoms with Crippen LogP contribution < -0.4 is 5.32 Å². The summed E-state index contributed by atoms with van der Waals surface area (Å²) in [6, 6.07) is 0.851. The molecule has 13 heavy (non-hydrogen) atoms. The van der Waals surface area contributed by atoms with E-state index < -0.39 is 0 Å². The van der Waals surface area contributed by atoms with Crippen molar-refractivity contribution in [1.29, 1.82) is 0 Å². The lowest BCUT2D eigenvalue weighted by molar-refractivity contribution is 0.0826. The minimum Gasteiger partial charge on any atom is -0.392 e. The Labute approximate surface area is 81.7 Å². The molecule has 0 spiro atoms. The Kier molecular flexibility index (Phi) is 4.20. The lowest BCUT2D eigenvalue weighted by Crippen LogP contribution is -2.47. The average Bonchev–Trinajstić information content (AvgIpc) is 2.08. The molecule has 0 heterocycles. The standard InChI is InChI=1S/C11H23NO/c1-8(2)9(3)12-10-6-4-5-7-11(10)13/h8-13H,4-7H2,1-3H3/t9-,10-,11+/m0/s1. The van der Waals surface area contributed by atoms with Gasteiger partial charge in [-0.25, -0.2) is 0 Å². The second-order valence-corrected chi connectivity index (χ2v) is 4.66. The molecule has 78 valence electrons. The third kappa shape index (κ3) is 3.28. The highest BCUT2D eigenvalue weighted by Crippen LogP contribution is 2.19. The first-order chi connectivity index (χ1) is 6.11. The van der Waals surface area contributed by atoms with E-state index in [0.29, 0.717) is 18.0 Å². The zero-order chi connectivity index (χ0) is 9.84. The van der Waals surface area contributed by atoms with Crippen molar-refractivity contribution < 1.29 is 5.11 Å².